The summed E-state index contributed by atoms with van der Waals surface area (Å²) in [5.74, 6) is 1.67. The molecule has 0 radical (unpaired) electrons. The molecule has 19 heavy (non-hydrogen) atoms. The number of aliphatic hydroxyl groups excluding tert-OH is 1. The van der Waals surface area contributed by atoms with Crippen LogP contribution in [0.25, 0.3) is 11.4 Å². The first-order valence-electron chi connectivity index (χ1n) is 6.01. The maximum Gasteiger partial charge on any atom is 0.165 e. The number of halogens is 2. The Balaban J connectivity index is 2.52. The third-order valence-electron chi connectivity index (χ3n) is 2.69. The number of rotatable bonds is 4. The molecule has 1 aromatic carbocycles. The maximum absolute atomic E-state index is 9.34. The first-order chi connectivity index (χ1) is 9.02. The van der Waals surface area contributed by atoms with Gasteiger partial charge in [0.2, 0.25) is 0 Å². The molecule has 102 valence electrons. The summed E-state index contributed by atoms with van der Waals surface area (Å²) in [5, 5.41) is 18.1. The van der Waals surface area contributed by atoms with Crippen LogP contribution in [0.3, 0.4) is 0 Å². The highest BCUT2D eigenvalue weighted by atomic mass is 79.9. The van der Waals surface area contributed by atoms with E-state index in [-0.39, 0.29) is 6.61 Å². The van der Waals surface area contributed by atoms with E-state index < -0.39 is 0 Å². The van der Waals surface area contributed by atoms with Crippen molar-refractivity contribution in [3.8, 4) is 11.4 Å². The van der Waals surface area contributed by atoms with Gasteiger partial charge in [-0.2, -0.15) is 0 Å². The smallest absolute Gasteiger partial charge is 0.165 e. The molecule has 0 saturated carbocycles. The van der Waals surface area contributed by atoms with Crippen molar-refractivity contribution in [1.29, 1.82) is 0 Å². The standard InChI is InChI=1S/C13H15BrClN3O/c1-8(2)6-18-12(7-19)16-17-13(18)10-4-3-9(14)5-11(10)15/h3-5,8,19H,6-7H2,1-2H3. The summed E-state index contributed by atoms with van der Waals surface area (Å²) in [5.41, 5.74) is 0.817. The molecule has 0 bridgehead atoms. The monoisotopic (exact) mass is 343 g/mol. The van der Waals surface area contributed by atoms with Crippen molar-refractivity contribution in [2.45, 2.75) is 27.0 Å². The fourth-order valence-corrected chi connectivity index (χ4v) is 2.64. The largest absolute Gasteiger partial charge is 0.388 e. The number of benzene rings is 1. The molecule has 4 nitrogen and oxygen atoms in total. The Hall–Kier alpha value is -0.910. The molecule has 0 atom stereocenters. The maximum atomic E-state index is 9.34. The zero-order valence-electron chi connectivity index (χ0n) is 10.8. The highest BCUT2D eigenvalue weighted by molar-refractivity contribution is 9.10. The van der Waals surface area contributed by atoms with Crippen LogP contribution in [0.5, 0.6) is 0 Å². The molecule has 2 rings (SSSR count). The second kappa shape index (κ2) is 6.03. The Kier molecular flexibility index (Phi) is 4.60. The Morgan fingerprint density at radius 1 is 1.37 bits per heavy atom. The summed E-state index contributed by atoms with van der Waals surface area (Å²) in [6.07, 6.45) is 0. The molecule has 0 amide bonds. The predicted molar refractivity (Wildman–Crippen MR) is 78.9 cm³/mol. The molecule has 2 aromatic rings. The van der Waals surface area contributed by atoms with Crippen LogP contribution >= 0.6 is 27.5 Å². The van der Waals surface area contributed by atoms with Gasteiger partial charge in [-0.15, -0.1) is 10.2 Å². The summed E-state index contributed by atoms with van der Waals surface area (Å²) in [6, 6.07) is 5.63. The lowest BCUT2D eigenvalue weighted by Gasteiger charge is -2.12. The first-order valence-corrected chi connectivity index (χ1v) is 7.18. The molecule has 0 aliphatic carbocycles. The van der Waals surface area contributed by atoms with Gasteiger partial charge < -0.3 is 9.67 Å². The molecular weight excluding hydrogens is 330 g/mol. The average molecular weight is 345 g/mol. The van der Waals surface area contributed by atoms with Crippen molar-refractivity contribution in [3.63, 3.8) is 0 Å². The summed E-state index contributed by atoms with van der Waals surface area (Å²) >= 11 is 9.63. The van der Waals surface area contributed by atoms with Crippen LogP contribution < -0.4 is 0 Å². The zero-order chi connectivity index (χ0) is 14.0. The van der Waals surface area contributed by atoms with Crippen LogP contribution in [-0.4, -0.2) is 19.9 Å². The van der Waals surface area contributed by atoms with Crippen LogP contribution in [0, 0.1) is 5.92 Å². The van der Waals surface area contributed by atoms with Crippen LogP contribution in [0.2, 0.25) is 5.02 Å². The van der Waals surface area contributed by atoms with Gasteiger partial charge in [-0.25, -0.2) is 0 Å². The second-order valence-electron chi connectivity index (χ2n) is 4.73. The van der Waals surface area contributed by atoms with Gasteiger partial charge in [-0.1, -0.05) is 41.4 Å². The lowest BCUT2D eigenvalue weighted by Crippen LogP contribution is -2.10. The van der Waals surface area contributed by atoms with Crippen LogP contribution in [-0.2, 0) is 13.2 Å². The van der Waals surface area contributed by atoms with Gasteiger partial charge in [-0.05, 0) is 24.1 Å². The highest BCUT2D eigenvalue weighted by Gasteiger charge is 2.16. The van der Waals surface area contributed by atoms with E-state index in [1.807, 2.05) is 22.8 Å². The van der Waals surface area contributed by atoms with Gasteiger partial charge in [-0.3, -0.25) is 0 Å². The van der Waals surface area contributed by atoms with Crippen molar-refractivity contribution in [1.82, 2.24) is 14.8 Å². The number of hydrogen-bond acceptors (Lipinski definition) is 3. The minimum absolute atomic E-state index is 0.131. The Labute approximate surface area is 125 Å². The molecule has 1 heterocycles. The van der Waals surface area contributed by atoms with Crippen molar-refractivity contribution < 1.29 is 5.11 Å². The molecule has 1 N–H and O–H groups in total. The van der Waals surface area contributed by atoms with E-state index >= 15 is 0 Å². The zero-order valence-corrected chi connectivity index (χ0v) is 13.1. The van der Waals surface area contributed by atoms with Gasteiger partial charge in [0.1, 0.15) is 6.61 Å². The van der Waals surface area contributed by atoms with Crippen LogP contribution in [0.1, 0.15) is 19.7 Å². The van der Waals surface area contributed by atoms with Crippen molar-refractivity contribution in [2.75, 3.05) is 0 Å². The van der Waals surface area contributed by atoms with E-state index in [1.165, 1.54) is 0 Å². The molecule has 0 fully saturated rings. The fourth-order valence-electron chi connectivity index (χ4n) is 1.88. The molecular formula is C13H15BrClN3O. The third kappa shape index (κ3) is 3.16. The quantitative estimate of drug-likeness (QED) is 0.923. The topological polar surface area (TPSA) is 50.9 Å². The number of hydrogen-bond donors (Lipinski definition) is 1. The predicted octanol–water partition coefficient (Wildman–Crippen LogP) is 3.51. The molecule has 1 aromatic heterocycles. The lowest BCUT2D eigenvalue weighted by molar-refractivity contribution is 0.262. The van der Waals surface area contributed by atoms with Gasteiger partial charge in [0.25, 0.3) is 0 Å². The first kappa shape index (κ1) is 14.5. The number of nitrogens with zero attached hydrogens (tertiary/aromatic N) is 3. The lowest BCUT2D eigenvalue weighted by atomic mass is 10.2. The van der Waals surface area contributed by atoms with E-state index in [0.717, 1.165) is 16.6 Å². The van der Waals surface area contributed by atoms with Crippen LogP contribution in [0.4, 0.5) is 0 Å². The molecule has 0 aliphatic rings. The minimum Gasteiger partial charge on any atom is -0.388 e. The van der Waals surface area contributed by atoms with E-state index in [0.29, 0.717) is 22.6 Å². The Morgan fingerprint density at radius 3 is 2.68 bits per heavy atom. The van der Waals surface area contributed by atoms with E-state index in [4.69, 9.17) is 11.6 Å². The summed E-state index contributed by atoms with van der Waals surface area (Å²) in [6.45, 7) is 4.82. The number of aromatic nitrogens is 3. The minimum atomic E-state index is -0.131. The molecule has 0 spiro atoms. The molecule has 6 heteroatoms. The van der Waals surface area contributed by atoms with E-state index in [1.54, 1.807) is 0 Å². The van der Waals surface area contributed by atoms with E-state index in [9.17, 15) is 5.11 Å². The normalized spacial score (nSPS) is 11.3. The SMILES string of the molecule is CC(C)Cn1c(CO)nnc1-c1ccc(Br)cc1Cl. The van der Waals surface area contributed by atoms with Gasteiger partial charge in [0, 0.05) is 16.6 Å². The summed E-state index contributed by atoms with van der Waals surface area (Å²) in [7, 11) is 0. The second-order valence-corrected chi connectivity index (χ2v) is 6.05. The van der Waals surface area contributed by atoms with Gasteiger partial charge >= 0.3 is 0 Å². The van der Waals surface area contributed by atoms with Crippen molar-refractivity contribution in [3.05, 3.63) is 33.5 Å². The van der Waals surface area contributed by atoms with E-state index in [2.05, 4.69) is 40.0 Å². The fraction of sp³-hybridized carbons (Fsp3) is 0.385. The van der Waals surface area contributed by atoms with Crippen molar-refractivity contribution in [2.24, 2.45) is 5.92 Å². The Morgan fingerprint density at radius 2 is 2.11 bits per heavy atom. The van der Waals surface area contributed by atoms with Gasteiger partial charge in [0.05, 0.1) is 5.02 Å². The molecule has 0 unspecified atom stereocenters. The van der Waals surface area contributed by atoms with Crippen LogP contribution in [0.15, 0.2) is 22.7 Å². The summed E-state index contributed by atoms with van der Waals surface area (Å²) in [4.78, 5) is 0. The average Bonchev–Trinajstić information content (AvgIpc) is 2.71. The number of aliphatic hydroxyl groups is 1. The highest BCUT2D eigenvalue weighted by Crippen LogP contribution is 2.30. The summed E-state index contributed by atoms with van der Waals surface area (Å²) < 4.78 is 2.83. The third-order valence-corrected chi connectivity index (χ3v) is 3.49. The van der Waals surface area contributed by atoms with Gasteiger partial charge in [0.15, 0.2) is 11.6 Å². The van der Waals surface area contributed by atoms with Crippen molar-refractivity contribution >= 4 is 27.5 Å². The Bertz CT molecular complexity index is 583. The molecule has 0 saturated heterocycles. The molecule has 0 aliphatic heterocycles.